The van der Waals surface area contributed by atoms with Crippen LogP contribution in [0.4, 0.5) is 0 Å². The smallest absolute Gasteiger partial charge is 0.315 e. The number of hydrogen-bond donors (Lipinski definition) is 1. The fourth-order valence-corrected chi connectivity index (χ4v) is 2.23. The number of methoxy groups -OCH3 is 1. The van der Waals surface area contributed by atoms with Crippen molar-refractivity contribution < 1.29 is 9.53 Å². The van der Waals surface area contributed by atoms with Crippen molar-refractivity contribution in [3.8, 4) is 0 Å². The Labute approximate surface area is 106 Å². The zero-order valence-corrected chi connectivity index (χ0v) is 11.1. The third-order valence-corrected chi connectivity index (χ3v) is 3.15. The number of carbonyl (C=O) groups is 1. The lowest BCUT2D eigenvalue weighted by molar-refractivity contribution is -0.137. The number of esters is 1. The minimum absolute atomic E-state index is 0.203. The number of aromatic nitrogens is 1. The van der Waals surface area contributed by atoms with Crippen LogP contribution < -0.4 is 0 Å². The molecule has 0 fully saturated rings. The van der Waals surface area contributed by atoms with Crippen molar-refractivity contribution in [3.05, 3.63) is 30.5 Å². The van der Waals surface area contributed by atoms with Crippen molar-refractivity contribution >= 4 is 28.6 Å². The molecule has 0 bridgehead atoms. The Morgan fingerprint density at radius 3 is 2.76 bits per heavy atom. The van der Waals surface area contributed by atoms with Gasteiger partial charge >= 0.3 is 5.97 Å². The molecule has 0 amide bonds. The highest BCUT2D eigenvalue weighted by Gasteiger charge is 2.06. The molecule has 17 heavy (non-hydrogen) atoms. The standard InChI is InChI=1S/C11H11NO2S.C2H6/c1-14-11(13)7-15-10-6-12-9-5-3-2-4-8(9)10;1-2/h2-6,12H,7H2,1H3;1-2H3. The van der Waals surface area contributed by atoms with Gasteiger partial charge in [0.05, 0.1) is 12.9 Å². The number of fused-ring (bicyclic) bond motifs is 1. The van der Waals surface area contributed by atoms with Crippen LogP contribution in [0.25, 0.3) is 10.9 Å². The average molecular weight is 251 g/mol. The fourth-order valence-electron chi connectivity index (χ4n) is 1.36. The van der Waals surface area contributed by atoms with Gasteiger partial charge in [-0.2, -0.15) is 0 Å². The van der Waals surface area contributed by atoms with E-state index in [4.69, 9.17) is 0 Å². The molecule has 0 aliphatic rings. The third-order valence-electron chi connectivity index (χ3n) is 2.12. The van der Waals surface area contributed by atoms with Gasteiger partial charge in [-0.15, -0.1) is 11.8 Å². The van der Waals surface area contributed by atoms with Crippen LogP contribution in [0.15, 0.2) is 35.4 Å². The average Bonchev–Trinajstić information content (AvgIpc) is 2.81. The lowest BCUT2D eigenvalue weighted by Crippen LogP contribution is -2.02. The largest absolute Gasteiger partial charge is 0.468 e. The van der Waals surface area contributed by atoms with Crippen molar-refractivity contribution in [1.82, 2.24) is 4.98 Å². The number of nitrogens with one attached hydrogen (secondary N) is 1. The first-order chi connectivity index (χ1) is 8.31. The van der Waals surface area contributed by atoms with Crippen LogP contribution in [-0.2, 0) is 9.53 Å². The number of benzene rings is 1. The van der Waals surface area contributed by atoms with Gasteiger partial charge in [0.2, 0.25) is 0 Å². The number of H-pyrrole nitrogens is 1. The van der Waals surface area contributed by atoms with Gasteiger partial charge in [0, 0.05) is 22.0 Å². The number of hydrogen-bond acceptors (Lipinski definition) is 3. The number of rotatable bonds is 3. The van der Waals surface area contributed by atoms with Crippen molar-refractivity contribution in [2.75, 3.05) is 12.9 Å². The van der Waals surface area contributed by atoms with Crippen LogP contribution in [-0.4, -0.2) is 23.8 Å². The van der Waals surface area contributed by atoms with Crippen molar-refractivity contribution in [3.63, 3.8) is 0 Å². The molecule has 3 nitrogen and oxygen atoms in total. The first-order valence-electron chi connectivity index (χ1n) is 5.57. The summed E-state index contributed by atoms with van der Waals surface area (Å²) in [5.74, 6) is 0.142. The monoisotopic (exact) mass is 251 g/mol. The molecule has 0 saturated heterocycles. The van der Waals surface area contributed by atoms with E-state index in [1.165, 1.54) is 18.9 Å². The Balaban J connectivity index is 0.000000686. The van der Waals surface area contributed by atoms with Gasteiger partial charge in [-0.25, -0.2) is 0 Å². The molecule has 0 spiro atoms. The number of aromatic amines is 1. The molecule has 0 saturated carbocycles. The van der Waals surface area contributed by atoms with E-state index in [0.29, 0.717) is 5.75 Å². The van der Waals surface area contributed by atoms with E-state index < -0.39 is 0 Å². The Bertz CT molecular complexity index is 479. The molecule has 92 valence electrons. The van der Waals surface area contributed by atoms with E-state index in [2.05, 4.69) is 9.72 Å². The molecule has 4 heteroatoms. The highest BCUT2D eigenvalue weighted by molar-refractivity contribution is 8.00. The molecule has 2 rings (SSSR count). The summed E-state index contributed by atoms with van der Waals surface area (Å²) in [5, 5.41) is 1.14. The van der Waals surface area contributed by atoms with Gasteiger partial charge in [-0.05, 0) is 6.07 Å². The minimum Gasteiger partial charge on any atom is -0.468 e. The zero-order valence-electron chi connectivity index (χ0n) is 10.3. The summed E-state index contributed by atoms with van der Waals surface area (Å²) in [5.41, 5.74) is 1.09. The normalized spacial score (nSPS) is 9.59. The van der Waals surface area contributed by atoms with Crippen molar-refractivity contribution in [2.24, 2.45) is 0 Å². The second-order valence-corrected chi connectivity index (χ2v) is 4.08. The van der Waals surface area contributed by atoms with Crippen LogP contribution in [0.2, 0.25) is 0 Å². The molecular weight excluding hydrogens is 234 g/mol. The maximum absolute atomic E-state index is 11.0. The van der Waals surface area contributed by atoms with Crippen LogP contribution in [0, 0.1) is 0 Å². The molecule has 2 aromatic rings. The summed E-state index contributed by atoms with van der Waals surface area (Å²) in [6.07, 6.45) is 1.91. The van der Waals surface area contributed by atoms with Crippen molar-refractivity contribution in [1.29, 1.82) is 0 Å². The predicted octanol–water partition coefficient (Wildman–Crippen LogP) is 3.46. The van der Waals surface area contributed by atoms with Crippen molar-refractivity contribution in [2.45, 2.75) is 18.7 Å². The lowest BCUT2D eigenvalue weighted by atomic mass is 10.2. The number of thioether (sulfide) groups is 1. The Morgan fingerprint density at radius 2 is 2.06 bits per heavy atom. The summed E-state index contributed by atoms with van der Waals surface area (Å²) in [7, 11) is 1.40. The summed E-state index contributed by atoms with van der Waals surface area (Å²) < 4.78 is 4.59. The molecule has 1 N–H and O–H groups in total. The summed E-state index contributed by atoms with van der Waals surface area (Å²) in [6, 6.07) is 8.01. The van der Waals surface area contributed by atoms with Gasteiger partial charge in [0.15, 0.2) is 0 Å². The second kappa shape index (κ2) is 7.01. The maximum atomic E-state index is 11.0. The highest BCUT2D eigenvalue weighted by Crippen LogP contribution is 2.27. The molecule has 0 aliphatic carbocycles. The second-order valence-electron chi connectivity index (χ2n) is 3.06. The third kappa shape index (κ3) is 3.53. The summed E-state index contributed by atoms with van der Waals surface area (Å²) >= 11 is 1.48. The van der Waals surface area contributed by atoms with E-state index >= 15 is 0 Å². The Hall–Kier alpha value is -1.42. The van der Waals surface area contributed by atoms with E-state index in [-0.39, 0.29) is 5.97 Å². The SMILES string of the molecule is CC.COC(=O)CSc1c[nH]c2ccccc12. The summed E-state index contributed by atoms with van der Waals surface area (Å²) in [6.45, 7) is 4.00. The van der Waals surface area contributed by atoms with Crippen LogP contribution in [0.5, 0.6) is 0 Å². The molecule has 0 radical (unpaired) electrons. The summed E-state index contributed by atoms with van der Waals surface area (Å²) in [4.78, 5) is 15.2. The minimum atomic E-state index is -0.203. The first kappa shape index (κ1) is 13.6. The molecule has 1 aromatic heterocycles. The van der Waals surface area contributed by atoms with E-state index in [1.54, 1.807) is 0 Å². The van der Waals surface area contributed by atoms with Crippen LogP contribution in [0.1, 0.15) is 13.8 Å². The topological polar surface area (TPSA) is 42.1 Å². The molecule has 0 unspecified atom stereocenters. The number of para-hydroxylation sites is 1. The predicted molar refractivity (Wildman–Crippen MR) is 72.4 cm³/mol. The van der Waals surface area contributed by atoms with Crippen LogP contribution >= 0.6 is 11.8 Å². The van der Waals surface area contributed by atoms with E-state index in [9.17, 15) is 4.79 Å². The first-order valence-corrected chi connectivity index (χ1v) is 6.55. The van der Waals surface area contributed by atoms with Gasteiger partial charge in [0.1, 0.15) is 0 Å². The van der Waals surface area contributed by atoms with Gasteiger partial charge in [0.25, 0.3) is 0 Å². The van der Waals surface area contributed by atoms with E-state index in [0.717, 1.165) is 15.8 Å². The number of carbonyl (C=O) groups excluding carboxylic acids is 1. The van der Waals surface area contributed by atoms with E-state index in [1.807, 2.05) is 44.3 Å². The molecule has 0 aliphatic heterocycles. The van der Waals surface area contributed by atoms with Gasteiger partial charge in [-0.1, -0.05) is 32.0 Å². The van der Waals surface area contributed by atoms with Gasteiger partial charge in [-0.3, -0.25) is 4.79 Å². The number of ether oxygens (including phenoxy) is 1. The molecule has 1 heterocycles. The molecule has 1 aromatic carbocycles. The Morgan fingerprint density at radius 1 is 1.35 bits per heavy atom. The van der Waals surface area contributed by atoms with Crippen LogP contribution in [0.3, 0.4) is 0 Å². The molecular formula is C13H17NO2S. The maximum Gasteiger partial charge on any atom is 0.315 e. The Kier molecular flexibility index (Phi) is 5.63. The molecule has 0 atom stereocenters. The lowest BCUT2D eigenvalue weighted by Gasteiger charge is -1.98. The fraction of sp³-hybridized carbons (Fsp3) is 0.308. The van der Waals surface area contributed by atoms with Gasteiger partial charge < -0.3 is 9.72 Å². The highest BCUT2D eigenvalue weighted by atomic mass is 32.2. The zero-order chi connectivity index (χ0) is 12.7. The quantitative estimate of drug-likeness (QED) is 0.671.